The van der Waals surface area contributed by atoms with Gasteiger partial charge < -0.3 is 15.8 Å². The van der Waals surface area contributed by atoms with Crippen LogP contribution in [0.1, 0.15) is 16.7 Å². The summed E-state index contributed by atoms with van der Waals surface area (Å²) in [5.74, 6) is 0.230. The molecule has 0 saturated carbocycles. The molecular weight excluding hydrogens is 397 g/mol. The van der Waals surface area contributed by atoms with Gasteiger partial charge in [0.05, 0.1) is 23.9 Å². The highest BCUT2D eigenvalue weighted by Crippen LogP contribution is 2.43. The first-order valence-corrected chi connectivity index (χ1v) is 8.29. The Balaban J connectivity index is 2.23. The molecule has 7 heteroatoms. The summed E-state index contributed by atoms with van der Waals surface area (Å²) in [5.41, 5.74) is 5.63. The molecule has 1 aliphatic rings. The number of rotatable bonds is 3. The van der Waals surface area contributed by atoms with Gasteiger partial charge in [-0.3, -0.25) is 0 Å². The molecule has 1 heterocycles. The number of ether oxygens (including phenoxy) is 1. The van der Waals surface area contributed by atoms with E-state index in [9.17, 15) is 13.2 Å². The molecule has 3 nitrogen and oxygen atoms in total. The van der Waals surface area contributed by atoms with Gasteiger partial charge in [-0.05, 0) is 41.5 Å². The van der Waals surface area contributed by atoms with Gasteiger partial charge in [0.25, 0.3) is 0 Å². The number of hydrogen-bond donors (Lipinski definition) is 2. The first kappa shape index (κ1) is 17.7. The highest BCUT2D eigenvalue weighted by molar-refractivity contribution is 9.10. The Morgan fingerprint density at radius 2 is 1.88 bits per heavy atom. The summed E-state index contributed by atoms with van der Waals surface area (Å²) in [5, 5.41) is 3.02. The van der Waals surface area contributed by atoms with Gasteiger partial charge in [-0.2, -0.15) is 13.2 Å². The molecule has 2 aromatic carbocycles. The highest BCUT2D eigenvalue weighted by atomic mass is 79.9. The summed E-state index contributed by atoms with van der Waals surface area (Å²) in [7, 11) is 1.23. The lowest BCUT2D eigenvalue weighted by molar-refractivity contribution is -0.138. The summed E-state index contributed by atoms with van der Waals surface area (Å²) in [6.07, 6.45) is -2.75. The van der Waals surface area contributed by atoms with Crippen LogP contribution in [0.25, 0.3) is 0 Å². The Morgan fingerprint density at radius 3 is 2.44 bits per heavy atom. The second-order valence-corrected chi connectivity index (χ2v) is 6.76. The lowest BCUT2D eigenvalue weighted by Crippen LogP contribution is -2.31. The van der Waals surface area contributed by atoms with Crippen molar-refractivity contribution >= 4 is 15.9 Å². The van der Waals surface area contributed by atoms with Gasteiger partial charge in [-0.1, -0.05) is 34.1 Å². The number of alkyl halides is 3. The van der Waals surface area contributed by atoms with Crippen molar-refractivity contribution in [3.05, 3.63) is 75.5 Å². The first-order chi connectivity index (χ1) is 11.8. The molecule has 0 amide bonds. The number of nitrogens with one attached hydrogen (secondary N) is 1. The largest absolute Gasteiger partial charge is 0.496 e. The van der Waals surface area contributed by atoms with Crippen molar-refractivity contribution in [1.29, 1.82) is 0 Å². The minimum atomic E-state index is -4.51. The summed E-state index contributed by atoms with van der Waals surface area (Å²) in [6, 6.07) is 11.6. The van der Waals surface area contributed by atoms with Crippen molar-refractivity contribution in [1.82, 2.24) is 5.32 Å². The Bertz CT molecular complexity index is 835. The molecule has 3 N–H and O–H groups in total. The van der Waals surface area contributed by atoms with Crippen molar-refractivity contribution in [2.45, 2.75) is 11.6 Å². The molecule has 0 radical (unpaired) electrons. The molecule has 1 aliphatic heterocycles. The van der Waals surface area contributed by atoms with Crippen molar-refractivity contribution in [3.63, 3.8) is 0 Å². The summed E-state index contributed by atoms with van der Waals surface area (Å²) in [6.45, 7) is 0.374. The fourth-order valence-electron chi connectivity index (χ4n) is 3.12. The van der Waals surface area contributed by atoms with Gasteiger partial charge in [0.15, 0.2) is 0 Å². The van der Waals surface area contributed by atoms with Gasteiger partial charge in [0.1, 0.15) is 5.75 Å². The molecule has 0 bridgehead atoms. The van der Waals surface area contributed by atoms with E-state index in [-0.39, 0.29) is 5.75 Å². The molecule has 0 fully saturated rings. The van der Waals surface area contributed by atoms with Gasteiger partial charge >= 0.3 is 6.18 Å². The Kier molecular flexibility index (Phi) is 4.45. The number of methoxy groups -OCH3 is 1. The minimum Gasteiger partial charge on any atom is -0.496 e. The summed E-state index contributed by atoms with van der Waals surface area (Å²) < 4.78 is 46.0. The fourth-order valence-corrected chi connectivity index (χ4v) is 3.52. The first-order valence-electron chi connectivity index (χ1n) is 7.50. The average molecular weight is 413 g/mol. The van der Waals surface area contributed by atoms with Gasteiger partial charge in [0, 0.05) is 11.0 Å². The molecule has 0 aromatic heterocycles. The van der Waals surface area contributed by atoms with Crippen molar-refractivity contribution < 1.29 is 17.9 Å². The number of benzene rings is 2. The molecule has 1 unspecified atom stereocenters. The summed E-state index contributed by atoms with van der Waals surface area (Å²) >= 11 is 3.42. The zero-order valence-electron chi connectivity index (χ0n) is 13.3. The molecular formula is C18H16BrF3N2O. The van der Waals surface area contributed by atoms with Crippen LogP contribution >= 0.6 is 15.9 Å². The maximum atomic E-state index is 13.4. The normalized spacial score (nSPS) is 20.1. The van der Waals surface area contributed by atoms with E-state index in [4.69, 9.17) is 10.5 Å². The maximum absolute atomic E-state index is 13.4. The third kappa shape index (κ3) is 3.20. The smallest absolute Gasteiger partial charge is 0.419 e. The quantitative estimate of drug-likeness (QED) is 0.795. The molecule has 1 atom stereocenters. The predicted octanol–water partition coefficient (Wildman–Crippen LogP) is 4.17. The lowest BCUT2D eigenvalue weighted by Gasteiger charge is -2.29. The van der Waals surface area contributed by atoms with Crippen LogP contribution in [-0.2, 0) is 11.6 Å². The van der Waals surface area contributed by atoms with Crippen molar-refractivity contribution in [2.24, 2.45) is 5.73 Å². The number of halogens is 4. The van der Waals surface area contributed by atoms with Crippen molar-refractivity contribution in [2.75, 3.05) is 13.7 Å². The number of hydrogen-bond acceptors (Lipinski definition) is 3. The zero-order chi connectivity index (χ0) is 18.2. The van der Waals surface area contributed by atoms with Crippen LogP contribution in [0.3, 0.4) is 0 Å². The van der Waals surface area contributed by atoms with Gasteiger partial charge in [-0.15, -0.1) is 0 Å². The Hall–Kier alpha value is -2.15. The fraction of sp³-hybridized carbons (Fsp3) is 0.222. The van der Waals surface area contributed by atoms with E-state index in [2.05, 4.69) is 21.2 Å². The van der Waals surface area contributed by atoms with E-state index in [1.165, 1.54) is 13.2 Å². The van der Waals surface area contributed by atoms with Gasteiger partial charge in [-0.25, -0.2) is 0 Å². The molecule has 25 heavy (non-hydrogen) atoms. The zero-order valence-corrected chi connectivity index (χ0v) is 14.9. The van der Waals surface area contributed by atoms with Crippen molar-refractivity contribution in [3.8, 4) is 5.75 Å². The van der Waals surface area contributed by atoms with Crippen LogP contribution in [0, 0.1) is 0 Å². The standard InChI is InChI=1S/C18H16BrF3N2O/c1-25-15-6-5-12(8-14(15)18(20,21)22)17(9-16(23)24-10-17)11-3-2-4-13(19)7-11/h2-9,24H,10,23H2,1H3. The Morgan fingerprint density at radius 1 is 1.16 bits per heavy atom. The van der Waals surface area contributed by atoms with Crippen LogP contribution in [0.5, 0.6) is 5.75 Å². The van der Waals surface area contributed by atoms with E-state index >= 15 is 0 Å². The second kappa shape index (κ2) is 6.29. The lowest BCUT2D eigenvalue weighted by atomic mass is 9.75. The third-order valence-electron chi connectivity index (χ3n) is 4.33. The van der Waals surface area contributed by atoms with E-state index in [1.54, 1.807) is 12.1 Å². The molecule has 0 aliphatic carbocycles. The molecule has 3 rings (SSSR count). The molecule has 132 valence electrons. The van der Waals surface area contributed by atoms with Crippen LogP contribution < -0.4 is 15.8 Å². The monoisotopic (exact) mass is 412 g/mol. The van der Waals surface area contributed by atoms with E-state index in [0.717, 1.165) is 16.1 Å². The maximum Gasteiger partial charge on any atom is 0.419 e. The molecule has 0 saturated heterocycles. The minimum absolute atomic E-state index is 0.205. The van der Waals surface area contributed by atoms with Crippen LogP contribution in [0.4, 0.5) is 13.2 Å². The average Bonchev–Trinajstić information content (AvgIpc) is 2.96. The predicted molar refractivity (Wildman–Crippen MR) is 93.2 cm³/mol. The second-order valence-electron chi connectivity index (χ2n) is 5.85. The van der Waals surface area contributed by atoms with Crippen LogP contribution in [-0.4, -0.2) is 13.7 Å². The van der Waals surface area contributed by atoms with E-state index in [0.29, 0.717) is 17.9 Å². The van der Waals surface area contributed by atoms with E-state index in [1.807, 2.05) is 24.3 Å². The van der Waals surface area contributed by atoms with Gasteiger partial charge in [0.2, 0.25) is 0 Å². The summed E-state index contributed by atoms with van der Waals surface area (Å²) in [4.78, 5) is 0. The SMILES string of the molecule is COc1ccc(C2(c3cccc(Br)c3)C=C(N)NC2)cc1C(F)(F)F. The molecule has 0 spiro atoms. The highest BCUT2D eigenvalue weighted by Gasteiger charge is 2.40. The topological polar surface area (TPSA) is 47.3 Å². The number of nitrogens with two attached hydrogens (primary N) is 1. The van der Waals surface area contributed by atoms with Crippen LogP contribution in [0.2, 0.25) is 0 Å². The Labute approximate surface area is 151 Å². The van der Waals surface area contributed by atoms with Crippen LogP contribution in [0.15, 0.2) is 58.8 Å². The third-order valence-corrected chi connectivity index (χ3v) is 4.83. The van der Waals surface area contributed by atoms with E-state index < -0.39 is 17.2 Å². The molecule has 2 aromatic rings.